The molecule has 0 saturated carbocycles. The molecule has 12 heavy (non-hydrogen) atoms. The zero-order valence-corrected chi connectivity index (χ0v) is 7.44. The summed E-state index contributed by atoms with van der Waals surface area (Å²) in [5.41, 5.74) is 5.28. The summed E-state index contributed by atoms with van der Waals surface area (Å²) in [4.78, 5) is 0. The number of rotatable bonds is 5. The monoisotopic (exact) mass is 202 g/mol. The quantitative estimate of drug-likeness (QED) is 0.652. The Morgan fingerprint density at radius 3 is 2.33 bits per heavy atom. The second kappa shape index (κ2) is 4.68. The van der Waals surface area contributed by atoms with Crippen LogP contribution >= 0.6 is 0 Å². The number of hydrogen-bond acceptors (Lipinski definition) is 3. The van der Waals surface area contributed by atoms with Gasteiger partial charge in [0.1, 0.15) is 0 Å². The van der Waals surface area contributed by atoms with E-state index in [-0.39, 0.29) is 12.6 Å². The van der Waals surface area contributed by atoms with Gasteiger partial charge in [0, 0.05) is 12.6 Å². The highest BCUT2D eigenvalue weighted by Gasteiger charge is 2.22. The van der Waals surface area contributed by atoms with E-state index in [2.05, 4.69) is 0 Å². The van der Waals surface area contributed by atoms with Crippen LogP contribution in [-0.4, -0.2) is 26.8 Å². The van der Waals surface area contributed by atoms with E-state index in [0.717, 1.165) is 0 Å². The molecule has 3 N–H and O–H groups in total. The van der Waals surface area contributed by atoms with Crippen LogP contribution in [0.4, 0.5) is 8.78 Å². The third kappa shape index (κ3) is 4.58. The molecule has 0 heterocycles. The molecule has 0 aliphatic carbocycles. The van der Waals surface area contributed by atoms with Crippen LogP contribution in [0.5, 0.6) is 0 Å². The lowest BCUT2D eigenvalue weighted by Crippen LogP contribution is -2.32. The maximum absolute atomic E-state index is 11.7. The molecule has 4 nitrogen and oxygen atoms in total. The predicted octanol–water partition coefficient (Wildman–Crippen LogP) is -0.134. The summed E-state index contributed by atoms with van der Waals surface area (Å²) in [6, 6.07) is -0.203. The second-order valence-corrected chi connectivity index (χ2v) is 4.20. The molecule has 0 aromatic rings. The molecule has 0 saturated heterocycles. The summed E-state index contributed by atoms with van der Waals surface area (Å²) in [6.07, 6.45) is 0.339. The molecule has 0 radical (unpaired) electrons. The van der Waals surface area contributed by atoms with Crippen molar-refractivity contribution < 1.29 is 17.2 Å². The van der Waals surface area contributed by atoms with Crippen molar-refractivity contribution in [2.45, 2.75) is 25.1 Å². The van der Waals surface area contributed by atoms with Crippen LogP contribution in [-0.2, 0) is 10.0 Å². The van der Waals surface area contributed by atoms with Crippen LogP contribution in [0.25, 0.3) is 0 Å². The van der Waals surface area contributed by atoms with Crippen molar-refractivity contribution in [3.8, 4) is 0 Å². The number of nitrogens with one attached hydrogen (secondary N) is 1. The smallest absolute Gasteiger partial charge is 0.328 e. The van der Waals surface area contributed by atoms with Gasteiger partial charge in [-0.2, -0.15) is 8.78 Å². The lowest BCUT2D eigenvalue weighted by Gasteiger charge is -2.06. The van der Waals surface area contributed by atoms with Crippen LogP contribution in [0, 0.1) is 0 Å². The van der Waals surface area contributed by atoms with Crippen LogP contribution in [0.3, 0.4) is 0 Å². The highest BCUT2D eigenvalue weighted by atomic mass is 32.2. The van der Waals surface area contributed by atoms with E-state index in [1.165, 1.54) is 0 Å². The van der Waals surface area contributed by atoms with Crippen molar-refractivity contribution in [1.29, 1.82) is 0 Å². The summed E-state index contributed by atoms with van der Waals surface area (Å²) >= 11 is 0. The largest absolute Gasteiger partial charge is 0.350 e. The van der Waals surface area contributed by atoms with E-state index in [4.69, 9.17) is 5.73 Å². The average molecular weight is 202 g/mol. The molecule has 1 atom stereocenters. The second-order valence-electron chi connectivity index (χ2n) is 2.47. The van der Waals surface area contributed by atoms with Crippen molar-refractivity contribution in [3.63, 3.8) is 0 Å². The molecular weight excluding hydrogens is 190 g/mol. The Kier molecular flexibility index (Phi) is 4.58. The van der Waals surface area contributed by atoms with Gasteiger partial charge in [-0.3, -0.25) is 0 Å². The van der Waals surface area contributed by atoms with Crippen molar-refractivity contribution >= 4 is 10.0 Å². The van der Waals surface area contributed by atoms with Crippen molar-refractivity contribution in [1.82, 2.24) is 4.72 Å². The van der Waals surface area contributed by atoms with E-state index in [0.29, 0.717) is 6.42 Å². The van der Waals surface area contributed by atoms with Gasteiger partial charge in [0.2, 0.25) is 0 Å². The minimum absolute atomic E-state index is 0.0513. The molecule has 0 aromatic heterocycles. The maximum atomic E-state index is 11.7. The number of nitrogens with two attached hydrogens (primary N) is 1. The van der Waals surface area contributed by atoms with Crippen LogP contribution < -0.4 is 10.5 Å². The fraction of sp³-hybridized carbons (Fsp3) is 1.00. The van der Waals surface area contributed by atoms with E-state index in [1.54, 1.807) is 11.6 Å². The fourth-order valence-electron chi connectivity index (χ4n) is 0.492. The van der Waals surface area contributed by atoms with Crippen molar-refractivity contribution in [2.75, 3.05) is 6.54 Å². The molecule has 0 amide bonds. The summed E-state index contributed by atoms with van der Waals surface area (Å²) in [5.74, 6) is -3.37. The lowest BCUT2D eigenvalue weighted by atomic mass is 10.3. The first kappa shape index (κ1) is 11.7. The summed E-state index contributed by atoms with van der Waals surface area (Å²) in [7, 11) is -4.43. The summed E-state index contributed by atoms with van der Waals surface area (Å²) in [6.45, 7) is 1.61. The number of alkyl halides is 2. The average Bonchev–Trinajstić information content (AvgIpc) is 1.85. The Labute approximate surface area is 70.2 Å². The molecular formula is C5H12F2N2O2S. The lowest BCUT2D eigenvalue weighted by molar-refractivity contribution is 0.232. The Bertz CT molecular complexity index is 215. The Morgan fingerprint density at radius 1 is 1.50 bits per heavy atom. The molecule has 0 aromatic carbocycles. The molecule has 74 valence electrons. The minimum Gasteiger partial charge on any atom is -0.328 e. The topological polar surface area (TPSA) is 72.2 Å². The van der Waals surface area contributed by atoms with Gasteiger partial charge in [-0.15, -0.1) is 0 Å². The van der Waals surface area contributed by atoms with E-state index >= 15 is 0 Å². The SMILES string of the molecule is CC(N)CCNS(=O)(=O)C(F)F. The fourth-order valence-corrected chi connectivity index (χ4v) is 1.02. The van der Waals surface area contributed by atoms with Crippen LogP contribution in [0.15, 0.2) is 0 Å². The van der Waals surface area contributed by atoms with Crippen LogP contribution in [0.2, 0.25) is 0 Å². The number of sulfonamides is 1. The third-order valence-electron chi connectivity index (χ3n) is 1.14. The van der Waals surface area contributed by atoms with E-state index in [1.807, 2.05) is 0 Å². The van der Waals surface area contributed by atoms with Gasteiger partial charge >= 0.3 is 5.76 Å². The zero-order chi connectivity index (χ0) is 9.78. The van der Waals surface area contributed by atoms with Gasteiger partial charge in [0.05, 0.1) is 0 Å². The first-order chi connectivity index (χ1) is 5.36. The first-order valence-electron chi connectivity index (χ1n) is 3.38. The van der Waals surface area contributed by atoms with Crippen molar-refractivity contribution in [2.24, 2.45) is 5.73 Å². The highest BCUT2D eigenvalue weighted by molar-refractivity contribution is 7.89. The highest BCUT2D eigenvalue weighted by Crippen LogP contribution is 2.01. The molecule has 7 heteroatoms. The number of hydrogen-bond donors (Lipinski definition) is 2. The Morgan fingerprint density at radius 2 is 2.00 bits per heavy atom. The van der Waals surface area contributed by atoms with Gasteiger partial charge < -0.3 is 5.73 Å². The van der Waals surface area contributed by atoms with E-state index < -0.39 is 15.8 Å². The molecule has 0 spiro atoms. The molecule has 0 bridgehead atoms. The standard InChI is InChI=1S/C5H12F2N2O2S/c1-4(8)2-3-9-12(10,11)5(6)7/h4-5,9H,2-3,8H2,1H3. The predicted molar refractivity (Wildman–Crippen MR) is 41.2 cm³/mol. The van der Waals surface area contributed by atoms with E-state index in [9.17, 15) is 17.2 Å². The molecule has 0 rings (SSSR count). The summed E-state index contributed by atoms with van der Waals surface area (Å²) in [5, 5.41) is 0. The zero-order valence-electron chi connectivity index (χ0n) is 6.63. The van der Waals surface area contributed by atoms with Gasteiger partial charge in [-0.25, -0.2) is 13.1 Å². The minimum atomic E-state index is -4.43. The maximum Gasteiger partial charge on any atom is 0.350 e. The van der Waals surface area contributed by atoms with Gasteiger partial charge in [0.15, 0.2) is 0 Å². The molecule has 1 unspecified atom stereocenters. The normalized spacial score (nSPS) is 15.1. The Hall–Kier alpha value is -0.270. The van der Waals surface area contributed by atoms with Crippen molar-refractivity contribution in [3.05, 3.63) is 0 Å². The summed E-state index contributed by atoms with van der Waals surface area (Å²) < 4.78 is 45.9. The molecule has 0 aliphatic rings. The number of halogens is 2. The van der Waals surface area contributed by atoms with Gasteiger partial charge in [-0.1, -0.05) is 0 Å². The van der Waals surface area contributed by atoms with Crippen LogP contribution in [0.1, 0.15) is 13.3 Å². The van der Waals surface area contributed by atoms with Gasteiger partial charge in [-0.05, 0) is 13.3 Å². The van der Waals surface area contributed by atoms with Gasteiger partial charge in [0.25, 0.3) is 10.0 Å². The molecule has 0 aliphatic heterocycles. The third-order valence-corrected chi connectivity index (χ3v) is 2.21. The first-order valence-corrected chi connectivity index (χ1v) is 4.93. The Balaban J connectivity index is 3.79. The molecule has 0 fully saturated rings.